The van der Waals surface area contributed by atoms with Gasteiger partial charge in [0.05, 0.1) is 17.1 Å². The number of hydrogen-bond acceptors (Lipinski definition) is 5. The Morgan fingerprint density at radius 2 is 2.04 bits per heavy atom. The third-order valence-electron chi connectivity index (χ3n) is 4.78. The standard InChI is InChI=1S/C20H17N5O2/c1-25-19-15(11-21-25)14(9-16(22-19)13-7-8-13)20(26)23-18-10-17(24-27-18)12-5-3-2-4-6-12/h2-6,9-11,13H,7-8H2,1H3,(H,23,26). The van der Waals surface area contributed by atoms with Gasteiger partial charge in [0.1, 0.15) is 5.69 Å². The number of fused-ring (bicyclic) bond motifs is 1. The molecule has 1 amide bonds. The Balaban J connectivity index is 1.47. The molecule has 1 saturated carbocycles. The van der Waals surface area contributed by atoms with E-state index in [1.807, 2.05) is 43.4 Å². The van der Waals surface area contributed by atoms with Gasteiger partial charge in [-0.2, -0.15) is 5.10 Å². The van der Waals surface area contributed by atoms with Crippen LogP contribution < -0.4 is 5.32 Å². The van der Waals surface area contributed by atoms with Gasteiger partial charge < -0.3 is 4.52 Å². The Hall–Kier alpha value is -3.48. The van der Waals surface area contributed by atoms with Crippen molar-refractivity contribution < 1.29 is 9.32 Å². The van der Waals surface area contributed by atoms with Gasteiger partial charge in [0.15, 0.2) is 5.65 Å². The molecule has 0 atom stereocenters. The minimum Gasteiger partial charge on any atom is -0.338 e. The summed E-state index contributed by atoms with van der Waals surface area (Å²) in [4.78, 5) is 17.6. The van der Waals surface area contributed by atoms with Gasteiger partial charge in [-0.3, -0.25) is 14.8 Å². The van der Waals surface area contributed by atoms with Crippen molar-refractivity contribution in [2.45, 2.75) is 18.8 Å². The van der Waals surface area contributed by atoms with E-state index in [4.69, 9.17) is 4.52 Å². The summed E-state index contributed by atoms with van der Waals surface area (Å²) >= 11 is 0. The molecule has 1 fully saturated rings. The van der Waals surface area contributed by atoms with Crippen LogP contribution in [-0.4, -0.2) is 25.8 Å². The summed E-state index contributed by atoms with van der Waals surface area (Å²) < 4.78 is 6.99. The predicted octanol–water partition coefficient (Wildman–Crippen LogP) is 3.75. The van der Waals surface area contributed by atoms with Gasteiger partial charge in [-0.1, -0.05) is 35.5 Å². The average Bonchev–Trinajstić information content (AvgIpc) is 3.34. The van der Waals surface area contributed by atoms with E-state index >= 15 is 0 Å². The van der Waals surface area contributed by atoms with Crippen LogP contribution in [0.1, 0.15) is 34.8 Å². The second-order valence-corrected chi connectivity index (χ2v) is 6.77. The maximum absolute atomic E-state index is 12.9. The molecule has 1 N–H and O–H groups in total. The van der Waals surface area contributed by atoms with Crippen LogP contribution in [0.5, 0.6) is 0 Å². The summed E-state index contributed by atoms with van der Waals surface area (Å²) in [6, 6.07) is 13.3. The molecule has 1 aliphatic rings. The molecule has 1 aromatic carbocycles. The van der Waals surface area contributed by atoms with Crippen molar-refractivity contribution in [1.82, 2.24) is 19.9 Å². The van der Waals surface area contributed by atoms with Crippen molar-refractivity contribution in [2.75, 3.05) is 5.32 Å². The van der Waals surface area contributed by atoms with E-state index in [1.165, 1.54) is 0 Å². The third kappa shape index (κ3) is 2.87. The van der Waals surface area contributed by atoms with Gasteiger partial charge in [0, 0.05) is 30.3 Å². The minimum absolute atomic E-state index is 0.256. The Bertz CT molecular complexity index is 1140. The molecule has 1 aliphatic carbocycles. The Labute approximate surface area is 155 Å². The fourth-order valence-electron chi connectivity index (χ4n) is 3.17. The van der Waals surface area contributed by atoms with E-state index in [-0.39, 0.29) is 5.91 Å². The van der Waals surface area contributed by atoms with Crippen LogP contribution in [0.25, 0.3) is 22.3 Å². The van der Waals surface area contributed by atoms with Crippen molar-refractivity contribution in [3.8, 4) is 11.3 Å². The number of nitrogens with one attached hydrogen (secondary N) is 1. The Morgan fingerprint density at radius 1 is 1.22 bits per heavy atom. The first-order valence-corrected chi connectivity index (χ1v) is 8.85. The number of aryl methyl sites for hydroxylation is 1. The number of anilines is 1. The van der Waals surface area contributed by atoms with Crippen molar-refractivity contribution >= 4 is 22.8 Å². The second-order valence-electron chi connectivity index (χ2n) is 6.77. The third-order valence-corrected chi connectivity index (χ3v) is 4.78. The normalized spacial score (nSPS) is 13.8. The molecule has 27 heavy (non-hydrogen) atoms. The number of benzene rings is 1. The van der Waals surface area contributed by atoms with Crippen LogP contribution in [0.15, 0.2) is 53.2 Å². The van der Waals surface area contributed by atoms with Gasteiger partial charge >= 0.3 is 0 Å². The molecule has 3 heterocycles. The lowest BCUT2D eigenvalue weighted by Gasteiger charge is -2.06. The van der Waals surface area contributed by atoms with Crippen molar-refractivity contribution in [2.24, 2.45) is 7.05 Å². The number of amides is 1. The average molecular weight is 359 g/mol. The molecule has 0 aliphatic heterocycles. The number of rotatable bonds is 4. The van der Waals surface area contributed by atoms with Crippen LogP contribution in [0.4, 0.5) is 5.88 Å². The summed E-state index contributed by atoms with van der Waals surface area (Å²) in [7, 11) is 1.83. The predicted molar refractivity (Wildman–Crippen MR) is 100 cm³/mol. The lowest BCUT2D eigenvalue weighted by molar-refractivity contribution is 0.102. The molecule has 5 rings (SSSR count). The largest absolute Gasteiger partial charge is 0.338 e. The Morgan fingerprint density at radius 3 is 2.81 bits per heavy atom. The molecule has 0 radical (unpaired) electrons. The molecule has 7 nitrogen and oxygen atoms in total. The zero-order valence-corrected chi connectivity index (χ0v) is 14.7. The zero-order chi connectivity index (χ0) is 18.4. The van der Waals surface area contributed by atoms with E-state index in [0.717, 1.165) is 29.5 Å². The van der Waals surface area contributed by atoms with Crippen LogP contribution in [0.3, 0.4) is 0 Å². The first-order valence-electron chi connectivity index (χ1n) is 8.85. The molecular formula is C20H17N5O2. The van der Waals surface area contributed by atoms with E-state index in [9.17, 15) is 4.79 Å². The highest BCUT2D eigenvalue weighted by Gasteiger charge is 2.28. The molecule has 3 aromatic heterocycles. The molecule has 0 bridgehead atoms. The number of aromatic nitrogens is 4. The first kappa shape index (κ1) is 15.7. The molecule has 0 spiro atoms. The van der Waals surface area contributed by atoms with E-state index in [1.54, 1.807) is 16.9 Å². The zero-order valence-electron chi connectivity index (χ0n) is 14.7. The number of hydrogen-bond donors (Lipinski definition) is 1. The van der Waals surface area contributed by atoms with Crippen LogP contribution in [0, 0.1) is 0 Å². The van der Waals surface area contributed by atoms with Crippen LogP contribution in [0.2, 0.25) is 0 Å². The number of nitrogens with zero attached hydrogens (tertiary/aromatic N) is 4. The molecule has 0 unspecified atom stereocenters. The quantitative estimate of drug-likeness (QED) is 0.600. The molecule has 0 saturated heterocycles. The fraction of sp³-hybridized carbons (Fsp3) is 0.200. The number of carbonyl (C=O) groups excluding carboxylic acids is 1. The highest BCUT2D eigenvalue weighted by atomic mass is 16.5. The highest BCUT2D eigenvalue weighted by Crippen LogP contribution is 2.40. The lowest BCUT2D eigenvalue weighted by Crippen LogP contribution is -2.13. The van der Waals surface area contributed by atoms with Gasteiger partial charge in [-0.25, -0.2) is 4.98 Å². The summed E-state index contributed by atoms with van der Waals surface area (Å²) in [6.07, 6.45) is 3.89. The first-order chi connectivity index (χ1) is 13.2. The van der Waals surface area contributed by atoms with Gasteiger partial charge in [0.25, 0.3) is 5.91 Å². The maximum atomic E-state index is 12.9. The van der Waals surface area contributed by atoms with E-state index < -0.39 is 0 Å². The highest BCUT2D eigenvalue weighted by molar-refractivity contribution is 6.11. The molecular weight excluding hydrogens is 342 g/mol. The number of carbonyl (C=O) groups is 1. The maximum Gasteiger partial charge on any atom is 0.258 e. The van der Waals surface area contributed by atoms with Gasteiger partial charge in [-0.15, -0.1) is 0 Å². The van der Waals surface area contributed by atoms with Gasteiger partial charge in [-0.05, 0) is 18.9 Å². The second kappa shape index (κ2) is 6.05. The SMILES string of the molecule is Cn1ncc2c(C(=O)Nc3cc(-c4ccccc4)no3)cc(C3CC3)nc21. The van der Waals surface area contributed by atoms with E-state index in [2.05, 4.69) is 20.6 Å². The molecule has 134 valence electrons. The monoisotopic (exact) mass is 359 g/mol. The van der Waals surface area contributed by atoms with Gasteiger partial charge in [0.2, 0.25) is 5.88 Å². The minimum atomic E-state index is -0.256. The fourth-order valence-corrected chi connectivity index (χ4v) is 3.17. The lowest BCUT2D eigenvalue weighted by atomic mass is 10.1. The summed E-state index contributed by atoms with van der Waals surface area (Å²) in [5.74, 6) is 0.486. The van der Waals surface area contributed by atoms with Crippen molar-refractivity contribution in [1.29, 1.82) is 0 Å². The van der Waals surface area contributed by atoms with Crippen LogP contribution in [-0.2, 0) is 7.05 Å². The topological polar surface area (TPSA) is 85.8 Å². The molecule has 4 aromatic rings. The van der Waals surface area contributed by atoms with E-state index in [0.29, 0.717) is 28.7 Å². The summed E-state index contributed by atoms with van der Waals surface area (Å²) in [5.41, 5.74) is 3.81. The van der Waals surface area contributed by atoms with Crippen molar-refractivity contribution in [3.05, 3.63) is 59.9 Å². The Kier molecular flexibility index (Phi) is 3.53. The smallest absolute Gasteiger partial charge is 0.258 e. The summed E-state index contributed by atoms with van der Waals surface area (Å²) in [5, 5.41) is 11.8. The molecule has 7 heteroatoms. The number of pyridine rings is 1. The van der Waals surface area contributed by atoms with Crippen molar-refractivity contribution in [3.63, 3.8) is 0 Å². The summed E-state index contributed by atoms with van der Waals surface area (Å²) in [6.45, 7) is 0. The van der Waals surface area contributed by atoms with Crippen LogP contribution >= 0.6 is 0 Å².